The smallest absolute Gasteiger partial charge is 0.241 e. The highest BCUT2D eigenvalue weighted by Gasteiger charge is 2.19. The summed E-state index contributed by atoms with van der Waals surface area (Å²) in [6.07, 6.45) is 0.987. The summed E-state index contributed by atoms with van der Waals surface area (Å²) in [6, 6.07) is -0.539. The summed E-state index contributed by atoms with van der Waals surface area (Å²) < 4.78 is 4.92. The van der Waals surface area contributed by atoms with Crippen molar-refractivity contribution in [3.8, 4) is 0 Å². The van der Waals surface area contributed by atoms with Crippen LogP contribution in [-0.2, 0) is 9.53 Å². The third-order valence-electron chi connectivity index (χ3n) is 3.15. The second-order valence-corrected chi connectivity index (χ2v) is 4.36. The molecule has 0 spiro atoms. The first-order chi connectivity index (χ1) is 8.60. The number of carbonyl (C=O) groups excluding carboxylic acids is 1. The fraction of sp³-hybridized carbons (Fsp3) is 0.923. The molecular formula is C13H29N3O2. The van der Waals surface area contributed by atoms with Gasteiger partial charge in [-0.1, -0.05) is 13.8 Å². The van der Waals surface area contributed by atoms with E-state index in [1.807, 2.05) is 11.8 Å². The van der Waals surface area contributed by atoms with Crippen molar-refractivity contribution in [2.75, 3.05) is 46.4 Å². The van der Waals surface area contributed by atoms with Gasteiger partial charge in [-0.15, -0.1) is 0 Å². The molecule has 0 aliphatic carbocycles. The average molecular weight is 259 g/mol. The monoisotopic (exact) mass is 259 g/mol. The fourth-order valence-corrected chi connectivity index (χ4v) is 1.93. The molecule has 1 atom stereocenters. The Morgan fingerprint density at radius 2 is 1.78 bits per heavy atom. The number of ether oxygens (including phenoxy) is 1. The predicted octanol–water partition coefficient (Wildman–Crippen LogP) is 0.541. The van der Waals surface area contributed by atoms with Crippen molar-refractivity contribution in [3.63, 3.8) is 0 Å². The van der Waals surface area contributed by atoms with Crippen LogP contribution in [0.2, 0.25) is 0 Å². The lowest BCUT2D eigenvalue weighted by atomic mass is 10.2. The molecule has 0 rings (SSSR count). The number of nitrogens with two attached hydrogens (primary N) is 1. The molecule has 0 saturated carbocycles. The summed E-state index contributed by atoms with van der Waals surface area (Å²) in [5.41, 5.74) is 5.76. The van der Waals surface area contributed by atoms with E-state index in [1.54, 1.807) is 7.11 Å². The first-order valence-corrected chi connectivity index (χ1v) is 6.86. The van der Waals surface area contributed by atoms with Gasteiger partial charge in [-0.05, 0) is 33.0 Å². The van der Waals surface area contributed by atoms with Gasteiger partial charge in [0.15, 0.2) is 0 Å². The molecule has 0 aromatic heterocycles. The van der Waals surface area contributed by atoms with E-state index >= 15 is 0 Å². The van der Waals surface area contributed by atoms with Gasteiger partial charge in [-0.3, -0.25) is 4.79 Å². The Hall–Kier alpha value is -0.650. The second kappa shape index (κ2) is 10.3. The summed E-state index contributed by atoms with van der Waals surface area (Å²) >= 11 is 0. The molecule has 0 aromatic rings. The lowest BCUT2D eigenvalue weighted by molar-refractivity contribution is -0.133. The maximum atomic E-state index is 12.0. The Bertz CT molecular complexity index is 220. The summed E-state index contributed by atoms with van der Waals surface area (Å²) in [6.45, 7) is 11.2. The normalized spacial score (nSPS) is 12.8. The number of rotatable bonds is 10. The fourth-order valence-electron chi connectivity index (χ4n) is 1.93. The van der Waals surface area contributed by atoms with Gasteiger partial charge in [0.05, 0.1) is 6.61 Å². The summed E-state index contributed by atoms with van der Waals surface area (Å²) in [4.78, 5) is 16.2. The van der Waals surface area contributed by atoms with E-state index < -0.39 is 6.04 Å². The van der Waals surface area contributed by atoms with Crippen molar-refractivity contribution in [1.29, 1.82) is 0 Å². The standard InChI is InChI=1S/C13H29N3O2/c1-5-15(6-2)9-8-10-16(7-3)13(17)12(14)11-18-4/h12H,5-11,14H2,1-4H3. The largest absolute Gasteiger partial charge is 0.383 e. The predicted molar refractivity (Wildman–Crippen MR) is 74.5 cm³/mol. The third-order valence-corrected chi connectivity index (χ3v) is 3.15. The van der Waals surface area contributed by atoms with Crippen LogP contribution in [0.15, 0.2) is 0 Å². The number of likely N-dealkylation sites (N-methyl/N-ethyl adjacent to an activating group) is 1. The maximum Gasteiger partial charge on any atom is 0.241 e. The van der Waals surface area contributed by atoms with Crippen molar-refractivity contribution in [2.24, 2.45) is 5.73 Å². The highest BCUT2D eigenvalue weighted by molar-refractivity contribution is 5.81. The summed E-state index contributed by atoms with van der Waals surface area (Å²) in [5, 5.41) is 0. The van der Waals surface area contributed by atoms with Crippen LogP contribution in [0.3, 0.4) is 0 Å². The summed E-state index contributed by atoms with van der Waals surface area (Å²) in [5.74, 6) is -0.0149. The topological polar surface area (TPSA) is 58.8 Å². The summed E-state index contributed by atoms with van der Waals surface area (Å²) in [7, 11) is 1.56. The highest BCUT2D eigenvalue weighted by atomic mass is 16.5. The average Bonchev–Trinajstić information content (AvgIpc) is 2.39. The van der Waals surface area contributed by atoms with Gasteiger partial charge in [-0.2, -0.15) is 0 Å². The van der Waals surface area contributed by atoms with Crippen LogP contribution in [-0.4, -0.2) is 68.2 Å². The molecule has 5 heteroatoms. The van der Waals surface area contributed by atoms with E-state index in [9.17, 15) is 4.79 Å². The number of hydrogen-bond acceptors (Lipinski definition) is 4. The zero-order chi connectivity index (χ0) is 14.0. The van der Waals surface area contributed by atoms with Crippen LogP contribution in [0.25, 0.3) is 0 Å². The molecule has 18 heavy (non-hydrogen) atoms. The van der Waals surface area contributed by atoms with Crippen LogP contribution >= 0.6 is 0 Å². The molecule has 0 radical (unpaired) electrons. The number of hydrogen-bond donors (Lipinski definition) is 1. The molecule has 1 unspecified atom stereocenters. The van der Waals surface area contributed by atoms with Crippen LogP contribution in [0, 0.1) is 0 Å². The first kappa shape index (κ1) is 17.4. The molecule has 108 valence electrons. The Morgan fingerprint density at radius 1 is 1.17 bits per heavy atom. The quantitative estimate of drug-likeness (QED) is 0.622. The first-order valence-electron chi connectivity index (χ1n) is 6.86. The Balaban J connectivity index is 4.06. The highest BCUT2D eigenvalue weighted by Crippen LogP contribution is 1.98. The molecule has 5 nitrogen and oxygen atoms in total. The Morgan fingerprint density at radius 3 is 2.22 bits per heavy atom. The number of amides is 1. The van der Waals surface area contributed by atoms with E-state index in [1.165, 1.54) is 0 Å². The number of nitrogens with zero attached hydrogens (tertiary/aromatic N) is 2. The number of carbonyl (C=O) groups is 1. The molecule has 0 fully saturated rings. The van der Waals surface area contributed by atoms with Gasteiger partial charge >= 0.3 is 0 Å². The number of methoxy groups -OCH3 is 1. The van der Waals surface area contributed by atoms with Crippen molar-refractivity contribution in [1.82, 2.24) is 9.80 Å². The van der Waals surface area contributed by atoms with E-state index in [-0.39, 0.29) is 12.5 Å². The Kier molecular flexibility index (Phi) is 9.92. The SMILES string of the molecule is CCN(CC)CCCN(CC)C(=O)C(N)COC. The van der Waals surface area contributed by atoms with Crippen LogP contribution in [0.5, 0.6) is 0 Å². The molecule has 0 aliphatic heterocycles. The van der Waals surface area contributed by atoms with Gasteiger partial charge in [0, 0.05) is 20.2 Å². The van der Waals surface area contributed by atoms with Crippen molar-refractivity contribution >= 4 is 5.91 Å². The van der Waals surface area contributed by atoms with Crippen molar-refractivity contribution in [3.05, 3.63) is 0 Å². The van der Waals surface area contributed by atoms with Gasteiger partial charge in [-0.25, -0.2) is 0 Å². The minimum absolute atomic E-state index is 0.0149. The lowest BCUT2D eigenvalue weighted by Gasteiger charge is -2.25. The molecule has 2 N–H and O–H groups in total. The van der Waals surface area contributed by atoms with Crippen LogP contribution in [0.1, 0.15) is 27.2 Å². The van der Waals surface area contributed by atoms with E-state index in [0.29, 0.717) is 6.54 Å². The Labute approximate surface area is 111 Å². The zero-order valence-electron chi connectivity index (χ0n) is 12.3. The molecular weight excluding hydrogens is 230 g/mol. The van der Waals surface area contributed by atoms with Crippen LogP contribution < -0.4 is 5.73 Å². The van der Waals surface area contributed by atoms with Crippen molar-refractivity contribution < 1.29 is 9.53 Å². The van der Waals surface area contributed by atoms with Gasteiger partial charge < -0.3 is 20.3 Å². The minimum atomic E-state index is -0.539. The van der Waals surface area contributed by atoms with Crippen LogP contribution in [0.4, 0.5) is 0 Å². The molecule has 1 amide bonds. The second-order valence-electron chi connectivity index (χ2n) is 4.36. The van der Waals surface area contributed by atoms with E-state index in [0.717, 1.165) is 32.6 Å². The van der Waals surface area contributed by atoms with Gasteiger partial charge in [0.2, 0.25) is 5.91 Å². The molecule has 0 heterocycles. The molecule has 0 bridgehead atoms. The molecule has 0 aromatic carbocycles. The minimum Gasteiger partial charge on any atom is -0.383 e. The zero-order valence-corrected chi connectivity index (χ0v) is 12.3. The maximum absolute atomic E-state index is 12.0. The van der Waals surface area contributed by atoms with Crippen molar-refractivity contribution in [2.45, 2.75) is 33.2 Å². The van der Waals surface area contributed by atoms with Gasteiger partial charge in [0.1, 0.15) is 6.04 Å². The third kappa shape index (κ3) is 6.33. The lowest BCUT2D eigenvalue weighted by Crippen LogP contribution is -2.46. The van der Waals surface area contributed by atoms with E-state index in [4.69, 9.17) is 10.5 Å². The van der Waals surface area contributed by atoms with E-state index in [2.05, 4.69) is 18.7 Å². The van der Waals surface area contributed by atoms with Gasteiger partial charge in [0.25, 0.3) is 0 Å². The molecule has 0 aliphatic rings. The molecule has 0 saturated heterocycles.